The number of hydrogen-bond donors (Lipinski definition) is 2. The van der Waals surface area contributed by atoms with Crippen LogP contribution in [-0.2, 0) is 17.8 Å². The molecule has 5 heteroatoms. The van der Waals surface area contributed by atoms with Crippen LogP contribution in [0.15, 0.2) is 42.7 Å². The van der Waals surface area contributed by atoms with Gasteiger partial charge in [-0.25, -0.2) is 0 Å². The van der Waals surface area contributed by atoms with Crippen LogP contribution in [-0.4, -0.2) is 22.4 Å². The fourth-order valence-corrected chi connectivity index (χ4v) is 2.01. The maximum Gasteiger partial charge on any atom is 0.225 e. The largest absolute Gasteiger partial charge is 0.350 e. The molecule has 1 atom stereocenters. The number of benzene rings is 1. The van der Waals surface area contributed by atoms with Gasteiger partial charge in [0.2, 0.25) is 5.91 Å². The van der Waals surface area contributed by atoms with Gasteiger partial charge in [-0.2, -0.15) is 0 Å². The minimum absolute atomic E-state index is 0.0521. The van der Waals surface area contributed by atoms with E-state index in [1.165, 1.54) is 0 Å². The third-order valence-electron chi connectivity index (χ3n) is 3.26. The fraction of sp³-hybridized carbons (Fsp3) is 0.312. The zero-order valence-corrected chi connectivity index (χ0v) is 12.1. The lowest BCUT2D eigenvalue weighted by molar-refractivity contribution is -0.124. The van der Waals surface area contributed by atoms with Crippen LogP contribution in [0.1, 0.15) is 17.0 Å². The smallest absolute Gasteiger partial charge is 0.225 e. The average molecular weight is 284 g/mol. The highest BCUT2D eigenvalue weighted by Crippen LogP contribution is 2.08. The number of aromatic nitrogens is 2. The first-order chi connectivity index (χ1) is 10.2. The van der Waals surface area contributed by atoms with Crippen LogP contribution in [0, 0.1) is 12.8 Å². The lowest BCUT2D eigenvalue weighted by Crippen LogP contribution is -2.36. The van der Waals surface area contributed by atoms with Crippen molar-refractivity contribution in [2.75, 3.05) is 6.54 Å². The van der Waals surface area contributed by atoms with Gasteiger partial charge in [0.25, 0.3) is 0 Å². The summed E-state index contributed by atoms with van der Waals surface area (Å²) in [5.74, 6) is -0.283. The van der Waals surface area contributed by atoms with E-state index in [0.717, 1.165) is 17.0 Å². The summed E-state index contributed by atoms with van der Waals surface area (Å²) in [4.78, 5) is 20.5. The van der Waals surface area contributed by atoms with Crippen molar-refractivity contribution in [3.05, 3.63) is 59.7 Å². The average Bonchev–Trinajstić information content (AvgIpc) is 2.52. The zero-order valence-electron chi connectivity index (χ0n) is 12.1. The van der Waals surface area contributed by atoms with Crippen molar-refractivity contribution in [2.24, 2.45) is 11.7 Å². The molecule has 0 aliphatic rings. The Labute approximate surface area is 124 Å². The van der Waals surface area contributed by atoms with E-state index in [-0.39, 0.29) is 11.8 Å². The SMILES string of the molecule is Cc1cnc(CNC(=O)C(CN)Cc2ccccc2)cn1. The Morgan fingerprint density at radius 2 is 2.00 bits per heavy atom. The van der Waals surface area contributed by atoms with Crippen LogP contribution in [0.2, 0.25) is 0 Å². The van der Waals surface area contributed by atoms with Crippen LogP contribution >= 0.6 is 0 Å². The van der Waals surface area contributed by atoms with Crippen molar-refractivity contribution in [3.63, 3.8) is 0 Å². The number of aryl methyl sites for hydroxylation is 1. The molecule has 0 saturated carbocycles. The summed E-state index contributed by atoms with van der Waals surface area (Å²) in [7, 11) is 0. The Morgan fingerprint density at radius 3 is 2.62 bits per heavy atom. The van der Waals surface area contributed by atoms with Gasteiger partial charge in [-0.1, -0.05) is 30.3 Å². The van der Waals surface area contributed by atoms with E-state index >= 15 is 0 Å². The summed E-state index contributed by atoms with van der Waals surface area (Å²) < 4.78 is 0. The summed E-state index contributed by atoms with van der Waals surface area (Å²) in [6, 6.07) is 9.88. The van der Waals surface area contributed by atoms with Gasteiger partial charge in [0.15, 0.2) is 0 Å². The number of carbonyl (C=O) groups excluding carboxylic acids is 1. The summed E-state index contributed by atoms with van der Waals surface area (Å²) in [5, 5.41) is 2.87. The van der Waals surface area contributed by atoms with Crippen molar-refractivity contribution < 1.29 is 4.79 Å². The van der Waals surface area contributed by atoms with Crippen molar-refractivity contribution >= 4 is 5.91 Å². The molecule has 0 saturated heterocycles. The predicted molar refractivity (Wildman–Crippen MR) is 81.3 cm³/mol. The van der Waals surface area contributed by atoms with Gasteiger partial charge in [-0.3, -0.25) is 14.8 Å². The summed E-state index contributed by atoms with van der Waals surface area (Å²) >= 11 is 0. The molecule has 21 heavy (non-hydrogen) atoms. The first-order valence-electron chi connectivity index (χ1n) is 6.98. The third kappa shape index (κ3) is 4.65. The minimum atomic E-state index is -0.231. The summed E-state index contributed by atoms with van der Waals surface area (Å²) in [5.41, 5.74) is 8.43. The molecule has 0 aliphatic carbocycles. The second kappa shape index (κ2) is 7.50. The van der Waals surface area contributed by atoms with Gasteiger partial charge in [-0.05, 0) is 18.9 Å². The number of nitrogens with one attached hydrogen (secondary N) is 1. The number of carbonyl (C=O) groups is 1. The van der Waals surface area contributed by atoms with E-state index in [2.05, 4.69) is 15.3 Å². The molecule has 110 valence electrons. The quantitative estimate of drug-likeness (QED) is 0.835. The molecule has 1 unspecified atom stereocenters. The highest BCUT2D eigenvalue weighted by Gasteiger charge is 2.17. The lowest BCUT2D eigenvalue weighted by Gasteiger charge is -2.14. The maximum absolute atomic E-state index is 12.2. The Hall–Kier alpha value is -2.27. The zero-order chi connectivity index (χ0) is 15.1. The summed E-state index contributed by atoms with van der Waals surface area (Å²) in [6.45, 7) is 2.57. The van der Waals surface area contributed by atoms with Gasteiger partial charge in [0, 0.05) is 12.7 Å². The number of rotatable bonds is 6. The molecule has 0 bridgehead atoms. The van der Waals surface area contributed by atoms with Crippen LogP contribution < -0.4 is 11.1 Å². The van der Waals surface area contributed by atoms with Gasteiger partial charge >= 0.3 is 0 Å². The Bertz CT molecular complexity index is 569. The standard InChI is InChI=1S/C16H20N4O/c1-12-9-19-15(10-18-12)11-20-16(21)14(8-17)7-13-5-3-2-4-6-13/h2-6,9-10,14H,7-8,11,17H2,1H3,(H,20,21). The molecule has 0 aliphatic heterocycles. The highest BCUT2D eigenvalue weighted by atomic mass is 16.1. The van der Waals surface area contributed by atoms with Crippen LogP contribution in [0.25, 0.3) is 0 Å². The van der Waals surface area contributed by atoms with Crippen LogP contribution in [0.5, 0.6) is 0 Å². The van der Waals surface area contributed by atoms with Crippen LogP contribution in [0.4, 0.5) is 0 Å². The molecule has 2 rings (SSSR count). The third-order valence-corrected chi connectivity index (χ3v) is 3.26. The van der Waals surface area contributed by atoms with E-state index in [1.54, 1.807) is 12.4 Å². The molecule has 3 N–H and O–H groups in total. The van der Waals surface area contributed by atoms with E-state index in [9.17, 15) is 4.79 Å². The first-order valence-corrected chi connectivity index (χ1v) is 6.98. The molecule has 0 radical (unpaired) electrons. The molecule has 1 aromatic carbocycles. The van der Waals surface area contributed by atoms with E-state index in [0.29, 0.717) is 19.5 Å². The highest BCUT2D eigenvalue weighted by molar-refractivity contribution is 5.79. The van der Waals surface area contributed by atoms with Crippen molar-refractivity contribution in [3.8, 4) is 0 Å². The van der Waals surface area contributed by atoms with Crippen molar-refractivity contribution in [1.29, 1.82) is 0 Å². The van der Waals surface area contributed by atoms with Gasteiger partial charge in [0.1, 0.15) is 0 Å². The Kier molecular flexibility index (Phi) is 5.40. The van der Waals surface area contributed by atoms with Crippen LogP contribution in [0.3, 0.4) is 0 Å². The Morgan fingerprint density at radius 1 is 1.24 bits per heavy atom. The minimum Gasteiger partial charge on any atom is -0.350 e. The topological polar surface area (TPSA) is 80.9 Å². The van der Waals surface area contributed by atoms with E-state index < -0.39 is 0 Å². The molecular formula is C16H20N4O. The molecule has 1 heterocycles. The van der Waals surface area contributed by atoms with Gasteiger partial charge in [0.05, 0.1) is 30.0 Å². The van der Waals surface area contributed by atoms with E-state index in [4.69, 9.17) is 5.73 Å². The van der Waals surface area contributed by atoms with Crippen molar-refractivity contribution in [1.82, 2.24) is 15.3 Å². The molecular weight excluding hydrogens is 264 g/mol. The van der Waals surface area contributed by atoms with Crippen molar-refractivity contribution in [2.45, 2.75) is 19.9 Å². The maximum atomic E-state index is 12.2. The summed E-state index contributed by atoms with van der Waals surface area (Å²) in [6.07, 6.45) is 4.00. The number of nitrogens with two attached hydrogens (primary N) is 1. The number of amides is 1. The first kappa shape index (κ1) is 15.1. The molecule has 1 aromatic heterocycles. The Balaban J connectivity index is 1.89. The molecule has 0 spiro atoms. The monoisotopic (exact) mass is 284 g/mol. The molecule has 0 fully saturated rings. The second-order valence-corrected chi connectivity index (χ2v) is 4.99. The molecule has 2 aromatic rings. The number of hydrogen-bond acceptors (Lipinski definition) is 4. The van der Waals surface area contributed by atoms with E-state index in [1.807, 2.05) is 37.3 Å². The van der Waals surface area contributed by atoms with Gasteiger partial charge in [-0.15, -0.1) is 0 Å². The normalized spacial score (nSPS) is 11.9. The number of nitrogens with zero attached hydrogens (tertiary/aromatic N) is 2. The molecule has 5 nitrogen and oxygen atoms in total. The molecule has 1 amide bonds. The predicted octanol–water partition coefficient (Wildman–Crippen LogP) is 1.22. The van der Waals surface area contributed by atoms with Gasteiger partial charge < -0.3 is 11.1 Å². The lowest BCUT2D eigenvalue weighted by atomic mass is 9.98. The second-order valence-electron chi connectivity index (χ2n) is 4.99. The fourth-order valence-electron chi connectivity index (χ4n) is 2.01.